The summed E-state index contributed by atoms with van der Waals surface area (Å²) in [4.78, 5) is 59.6. The molecule has 0 spiro atoms. The van der Waals surface area contributed by atoms with Crippen molar-refractivity contribution in [2.24, 2.45) is 16.8 Å². The van der Waals surface area contributed by atoms with Gasteiger partial charge in [0, 0.05) is 44.9 Å². The van der Waals surface area contributed by atoms with Gasteiger partial charge in [-0.1, -0.05) is 81.3 Å². The van der Waals surface area contributed by atoms with Crippen molar-refractivity contribution in [2.75, 3.05) is 32.6 Å². The zero-order chi connectivity index (χ0) is 38.9. The first-order valence-electron chi connectivity index (χ1n) is 19.2. The number of aromatic amines is 1. The van der Waals surface area contributed by atoms with E-state index in [0.717, 1.165) is 78.0 Å². The third kappa shape index (κ3) is 9.13. The predicted molar refractivity (Wildman–Crippen MR) is 216 cm³/mol. The highest BCUT2D eigenvalue weighted by molar-refractivity contribution is 5.94. The Morgan fingerprint density at radius 3 is 2.33 bits per heavy atom. The lowest BCUT2D eigenvalue weighted by molar-refractivity contribution is -0.134. The van der Waals surface area contributed by atoms with Gasteiger partial charge in [-0.2, -0.15) is 0 Å². The molecule has 288 valence electrons. The zero-order valence-electron chi connectivity index (χ0n) is 32.4. The highest BCUT2D eigenvalue weighted by Crippen LogP contribution is 2.39. The molecule has 1 aliphatic carbocycles. The number of hydrogen-bond acceptors (Lipinski definition) is 8. The summed E-state index contributed by atoms with van der Waals surface area (Å²) in [5.74, 6) is 1.27. The number of imidazole rings is 1. The Kier molecular flexibility index (Phi) is 12.8. The first-order valence-corrected chi connectivity index (χ1v) is 19.2. The Morgan fingerprint density at radius 1 is 0.945 bits per heavy atom. The molecule has 2 aliphatic rings. The Bertz CT molecular complexity index is 1970. The number of alkyl carbamates (subject to hydrolysis) is 1. The van der Waals surface area contributed by atoms with E-state index in [2.05, 4.69) is 74.1 Å². The van der Waals surface area contributed by atoms with Crippen LogP contribution >= 0.6 is 0 Å². The van der Waals surface area contributed by atoms with Crippen LogP contribution in [0.1, 0.15) is 69.7 Å². The minimum atomic E-state index is -0.665. The van der Waals surface area contributed by atoms with E-state index in [1.54, 1.807) is 29.2 Å². The number of nitrogens with one attached hydrogen (secondary N) is 3. The number of carbonyl (C=O) groups excluding carboxylic acids is 3. The van der Waals surface area contributed by atoms with Crippen molar-refractivity contribution >= 4 is 35.6 Å². The minimum absolute atomic E-state index is 0.0297. The molecule has 12 nitrogen and oxygen atoms in total. The molecule has 0 radical (unpaired) electrons. The van der Waals surface area contributed by atoms with Crippen LogP contribution in [0.2, 0.25) is 0 Å². The number of aromatic nitrogens is 3. The number of aliphatic imine (C=N–C) groups is 1. The Hall–Kier alpha value is -5.78. The van der Waals surface area contributed by atoms with Crippen molar-refractivity contribution in [1.29, 1.82) is 0 Å². The molecule has 12 heteroatoms. The van der Waals surface area contributed by atoms with E-state index in [1.165, 1.54) is 7.11 Å². The predicted octanol–water partition coefficient (Wildman–Crippen LogP) is 7.04. The van der Waals surface area contributed by atoms with E-state index >= 15 is 0 Å². The molecule has 3 amide bonds. The molecule has 4 aromatic rings. The molecule has 6 rings (SSSR count). The average Bonchev–Trinajstić information content (AvgIpc) is 3.92. The highest BCUT2D eigenvalue weighted by Gasteiger charge is 2.37. The van der Waals surface area contributed by atoms with Crippen LogP contribution in [-0.4, -0.2) is 83.8 Å². The van der Waals surface area contributed by atoms with E-state index in [0.29, 0.717) is 12.4 Å². The van der Waals surface area contributed by atoms with Crippen LogP contribution in [0.25, 0.3) is 28.1 Å². The number of benzene rings is 2. The molecule has 4 atom stereocenters. The van der Waals surface area contributed by atoms with Crippen LogP contribution in [0.4, 0.5) is 10.6 Å². The molecular formula is C43H52N8O4. The van der Waals surface area contributed by atoms with E-state index < -0.39 is 12.1 Å². The summed E-state index contributed by atoms with van der Waals surface area (Å²) in [7, 11) is 4.96. The lowest BCUT2D eigenvalue weighted by Crippen LogP contribution is -2.52. The van der Waals surface area contributed by atoms with Gasteiger partial charge in [-0.05, 0) is 66.0 Å². The maximum absolute atomic E-state index is 13.6. The molecule has 3 unspecified atom stereocenters. The summed E-state index contributed by atoms with van der Waals surface area (Å²) >= 11 is 0. The first-order chi connectivity index (χ1) is 26.7. The van der Waals surface area contributed by atoms with Crippen molar-refractivity contribution in [3.8, 4) is 22.4 Å². The second-order valence-electron chi connectivity index (χ2n) is 14.6. The summed E-state index contributed by atoms with van der Waals surface area (Å²) in [6.07, 6.45) is 12.1. The largest absolute Gasteiger partial charge is 0.453 e. The molecule has 2 aromatic carbocycles. The SMILES string of the molecule is CN/C(=C\N=CC1CCCN1C(=O)C(NC(=O)OC)C(C)C)c1ccc(-c2ccc(-c3cnc([C@@H]4CCCCC4C(=O)N(C)c4ccccn4)[nH]3)cc2)cc1. The minimum Gasteiger partial charge on any atom is -0.453 e. The van der Waals surface area contributed by atoms with E-state index in [9.17, 15) is 14.4 Å². The van der Waals surface area contributed by atoms with E-state index in [1.807, 2.05) is 51.5 Å². The molecule has 3 N–H and O–H groups in total. The number of hydrogen-bond donors (Lipinski definition) is 3. The van der Waals surface area contributed by atoms with Crippen LogP contribution in [0.3, 0.4) is 0 Å². The molecule has 3 heterocycles. The summed E-state index contributed by atoms with van der Waals surface area (Å²) in [6.45, 7) is 4.42. The summed E-state index contributed by atoms with van der Waals surface area (Å²) in [5.41, 5.74) is 5.97. The van der Waals surface area contributed by atoms with Gasteiger partial charge in [-0.25, -0.2) is 14.8 Å². The Labute approximate surface area is 323 Å². The van der Waals surface area contributed by atoms with Crippen molar-refractivity contribution in [3.63, 3.8) is 0 Å². The maximum Gasteiger partial charge on any atom is 0.407 e. The molecule has 2 aromatic heterocycles. The van der Waals surface area contributed by atoms with Gasteiger partial charge < -0.3 is 25.3 Å². The second-order valence-corrected chi connectivity index (χ2v) is 14.6. The van der Waals surface area contributed by atoms with Crippen LogP contribution in [0.15, 0.2) is 90.3 Å². The molecule has 1 saturated carbocycles. The van der Waals surface area contributed by atoms with Gasteiger partial charge in [0.1, 0.15) is 17.7 Å². The lowest BCUT2D eigenvalue weighted by atomic mass is 9.78. The van der Waals surface area contributed by atoms with E-state index in [4.69, 9.17) is 9.72 Å². The van der Waals surface area contributed by atoms with Crippen LogP contribution in [0.5, 0.6) is 0 Å². The fourth-order valence-electron chi connectivity index (χ4n) is 7.62. The number of carbonyl (C=O) groups is 3. The quantitative estimate of drug-likeness (QED) is 0.132. The smallest absolute Gasteiger partial charge is 0.407 e. The van der Waals surface area contributed by atoms with Crippen LogP contribution in [-0.2, 0) is 14.3 Å². The van der Waals surface area contributed by atoms with Crippen LogP contribution < -0.4 is 15.5 Å². The number of ether oxygens (including phenoxy) is 1. The number of pyridine rings is 1. The zero-order valence-corrected chi connectivity index (χ0v) is 32.4. The number of H-pyrrole nitrogens is 1. The Morgan fingerprint density at radius 2 is 1.65 bits per heavy atom. The fraction of sp³-hybridized carbons (Fsp3) is 0.395. The molecule has 1 aliphatic heterocycles. The fourth-order valence-corrected chi connectivity index (χ4v) is 7.62. The summed E-state index contributed by atoms with van der Waals surface area (Å²) < 4.78 is 4.74. The summed E-state index contributed by atoms with van der Waals surface area (Å²) in [6, 6.07) is 21.5. The third-order valence-corrected chi connectivity index (χ3v) is 10.8. The second kappa shape index (κ2) is 18.0. The number of rotatable bonds is 12. The third-order valence-electron chi connectivity index (χ3n) is 10.8. The molecule has 55 heavy (non-hydrogen) atoms. The molecular weight excluding hydrogens is 693 g/mol. The summed E-state index contributed by atoms with van der Waals surface area (Å²) in [5, 5.41) is 5.93. The van der Waals surface area contributed by atoms with Gasteiger partial charge in [-0.15, -0.1) is 0 Å². The number of likely N-dealkylation sites (tertiary alicyclic amines) is 1. The number of nitrogens with zero attached hydrogens (tertiary/aromatic N) is 5. The molecule has 1 saturated heterocycles. The first kappa shape index (κ1) is 38.9. The average molecular weight is 745 g/mol. The number of amides is 3. The topological polar surface area (TPSA) is 145 Å². The van der Waals surface area contributed by atoms with Gasteiger partial charge in [-0.3, -0.25) is 19.5 Å². The normalized spacial score (nSPS) is 19.3. The molecule has 0 bridgehead atoms. The van der Waals surface area contributed by atoms with E-state index in [-0.39, 0.29) is 35.6 Å². The number of anilines is 1. The van der Waals surface area contributed by atoms with Crippen molar-refractivity contribution in [2.45, 2.75) is 70.4 Å². The molecule has 2 fully saturated rings. The van der Waals surface area contributed by atoms with Gasteiger partial charge in [0.15, 0.2) is 0 Å². The van der Waals surface area contributed by atoms with Crippen molar-refractivity contribution in [1.82, 2.24) is 30.5 Å². The van der Waals surface area contributed by atoms with Gasteiger partial charge in [0.25, 0.3) is 0 Å². The van der Waals surface area contributed by atoms with Gasteiger partial charge in [0.05, 0.1) is 36.9 Å². The van der Waals surface area contributed by atoms with Gasteiger partial charge >= 0.3 is 6.09 Å². The lowest BCUT2D eigenvalue weighted by Gasteiger charge is -2.32. The standard InChI is InChI=1S/C43H52N8O4/c1-28(2)39(49-43(54)55-5)42(53)51-24-10-11-33(51)25-45-26-36(44-3)31-19-15-29(16-20-31)30-17-21-32(22-18-30)37-27-47-40(48-37)34-12-6-7-13-35(34)41(52)50(4)38-14-8-9-23-46-38/h8-9,14-23,25-28,33-35,39,44H,6-7,10-13,24H2,1-5H3,(H,47,48)(H,49,54)/b36-26-,45-25?/t33?,34-,35?,39?/m1/s1. The van der Waals surface area contributed by atoms with Crippen molar-refractivity contribution < 1.29 is 19.1 Å². The van der Waals surface area contributed by atoms with Crippen molar-refractivity contribution in [3.05, 3.63) is 96.7 Å². The van der Waals surface area contributed by atoms with Crippen LogP contribution in [0, 0.1) is 11.8 Å². The monoisotopic (exact) mass is 744 g/mol. The number of methoxy groups -OCH3 is 1. The Balaban J connectivity index is 1.09. The van der Waals surface area contributed by atoms with Gasteiger partial charge in [0.2, 0.25) is 11.8 Å². The maximum atomic E-state index is 13.6. The highest BCUT2D eigenvalue weighted by atomic mass is 16.5.